The summed E-state index contributed by atoms with van der Waals surface area (Å²) in [5.74, 6) is 1.63. The lowest BCUT2D eigenvalue weighted by Crippen LogP contribution is -2.28. The second-order valence-electron chi connectivity index (χ2n) is 9.58. The molecule has 4 N–H and O–H groups in total. The molecule has 2 fully saturated rings. The molecule has 2 saturated heterocycles. The summed E-state index contributed by atoms with van der Waals surface area (Å²) < 4.78 is 0. The first-order valence-electron chi connectivity index (χ1n) is 12.0. The standard InChI is InChI=1S/C24H36N8O/c1-5-9-24(3)10-12-32(15-24)23-30-21(27-18-8-11-26-14-18)29-22(31-23)28-19-13-17(20(33)25-4)7-6-16(19)2/h6-7,13,18,26H,5,8-12,14-15H2,1-4H3,(H,25,33)(H2,27,28,29,30,31)/t18-,24?/m0/s1. The van der Waals surface area contributed by atoms with E-state index in [1.165, 1.54) is 12.8 Å². The van der Waals surface area contributed by atoms with E-state index in [1.807, 2.05) is 25.1 Å². The minimum atomic E-state index is -0.127. The zero-order valence-corrected chi connectivity index (χ0v) is 20.2. The molecular formula is C24H36N8O. The van der Waals surface area contributed by atoms with Crippen molar-refractivity contribution in [3.05, 3.63) is 29.3 Å². The number of hydrogen-bond donors (Lipinski definition) is 4. The number of hydrogen-bond acceptors (Lipinski definition) is 8. The third kappa shape index (κ3) is 5.52. The van der Waals surface area contributed by atoms with Crippen LogP contribution in [0, 0.1) is 12.3 Å². The summed E-state index contributed by atoms with van der Waals surface area (Å²) in [6.07, 6.45) is 4.55. The van der Waals surface area contributed by atoms with Crippen LogP contribution in [-0.4, -0.2) is 60.1 Å². The molecule has 2 atom stereocenters. The van der Waals surface area contributed by atoms with E-state index in [-0.39, 0.29) is 11.3 Å². The maximum Gasteiger partial charge on any atom is 0.251 e. The molecule has 4 rings (SSSR count). The fourth-order valence-corrected chi connectivity index (χ4v) is 4.75. The van der Waals surface area contributed by atoms with E-state index in [0.29, 0.717) is 29.5 Å². The van der Waals surface area contributed by atoms with Gasteiger partial charge in [-0.2, -0.15) is 15.0 Å². The number of nitrogens with zero attached hydrogens (tertiary/aromatic N) is 4. The molecule has 2 aromatic rings. The molecular weight excluding hydrogens is 416 g/mol. The van der Waals surface area contributed by atoms with Crippen LogP contribution in [0.5, 0.6) is 0 Å². The quantitative estimate of drug-likeness (QED) is 0.484. The Morgan fingerprint density at radius 1 is 1.27 bits per heavy atom. The molecule has 0 radical (unpaired) electrons. The van der Waals surface area contributed by atoms with Crippen LogP contribution in [0.4, 0.5) is 23.5 Å². The SMILES string of the molecule is CCCC1(C)CCN(c2nc(Nc3cc(C(=O)NC)ccc3C)nc(N[C@H]3CCNC3)n2)C1. The van der Waals surface area contributed by atoms with Crippen LogP contribution in [-0.2, 0) is 0 Å². The first-order valence-corrected chi connectivity index (χ1v) is 12.0. The van der Waals surface area contributed by atoms with E-state index in [1.54, 1.807) is 7.05 Å². The van der Waals surface area contributed by atoms with Crippen molar-refractivity contribution < 1.29 is 4.79 Å². The highest BCUT2D eigenvalue weighted by Crippen LogP contribution is 2.36. The van der Waals surface area contributed by atoms with Crippen LogP contribution in [0.25, 0.3) is 0 Å². The zero-order chi connectivity index (χ0) is 23.4. The molecule has 3 heterocycles. The van der Waals surface area contributed by atoms with E-state index in [4.69, 9.17) is 9.97 Å². The normalized spacial score (nSPS) is 22.4. The third-order valence-electron chi connectivity index (χ3n) is 6.68. The topological polar surface area (TPSA) is 107 Å². The van der Waals surface area contributed by atoms with Gasteiger partial charge in [-0.1, -0.05) is 26.3 Å². The average Bonchev–Trinajstić information content (AvgIpc) is 3.44. The number of rotatable bonds is 8. The third-order valence-corrected chi connectivity index (χ3v) is 6.68. The second kappa shape index (κ2) is 9.91. The van der Waals surface area contributed by atoms with Crippen molar-refractivity contribution in [1.29, 1.82) is 0 Å². The molecule has 178 valence electrons. The van der Waals surface area contributed by atoms with Crippen molar-refractivity contribution in [3.8, 4) is 0 Å². The lowest BCUT2D eigenvalue weighted by atomic mass is 9.85. The van der Waals surface area contributed by atoms with Crippen LogP contribution in [0.1, 0.15) is 55.5 Å². The first-order chi connectivity index (χ1) is 15.9. The van der Waals surface area contributed by atoms with Gasteiger partial charge in [0.1, 0.15) is 0 Å². The van der Waals surface area contributed by atoms with Gasteiger partial charge in [0.05, 0.1) is 0 Å². The minimum absolute atomic E-state index is 0.127. The van der Waals surface area contributed by atoms with Crippen molar-refractivity contribution >= 4 is 29.4 Å². The summed E-state index contributed by atoms with van der Waals surface area (Å²) >= 11 is 0. The van der Waals surface area contributed by atoms with Crippen molar-refractivity contribution in [2.75, 3.05) is 48.8 Å². The smallest absolute Gasteiger partial charge is 0.251 e. The van der Waals surface area contributed by atoms with Gasteiger partial charge in [-0.3, -0.25) is 4.79 Å². The van der Waals surface area contributed by atoms with Gasteiger partial charge in [0.15, 0.2) is 0 Å². The molecule has 1 aromatic carbocycles. The van der Waals surface area contributed by atoms with E-state index in [0.717, 1.165) is 50.3 Å². The average molecular weight is 453 g/mol. The predicted octanol–water partition coefficient (Wildman–Crippen LogP) is 3.07. The van der Waals surface area contributed by atoms with E-state index in [2.05, 4.69) is 45.0 Å². The second-order valence-corrected chi connectivity index (χ2v) is 9.58. The number of aromatic nitrogens is 3. The highest BCUT2D eigenvalue weighted by atomic mass is 16.1. The summed E-state index contributed by atoms with van der Waals surface area (Å²) in [5.41, 5.74) is 2.69. The fourth-order valence-electron chi connectivity index (χ4n) is 4.75. The molecule has 33 heavy (non-hydrogen) atoms. The van der Waals surface area contributed by atoms with Gasteiger partial charge in [-0.05, 0) is 55.8 Å². The number of amides is 1. The maximum atomic E-state index is 12.1. The summed E-state index contributed by atoms with van der Waals surface area (Å²) in [7, 11) is 1.63. The highest BCUT2D eigenvalue weighted by molar-refractivity contribution is 5.95. The van der Waals surface area contributed by atoms with Gasteiger partial charge in [0.25, 0.3) is 5.91 Å². The molecule has 0 aliphatic carbocycles. The predicted molar refractivity (Wildman–Crippen MR) is 132 cm³/mol. The summed E-state index contributed by atoms with van der Waals surface area (Å²) in [6, 6.07) is 5.88. The molecule has 1 amide bonds. The molecule has 9 nitrogen and oxygen atoms in total. The number of carbonyl (C=O) groups is 1. The summed E-state index contributed by atoms with van der Waals surface area (Å²) in [6.45, 7) is 10.4. The van der Waals surface area contributed by atoms with E-state index in [9.17, 15) is 4.79 Å². The molecule has 0 bridgehead atoms. The Kier molecular flexibility index (Phi) is 6.97. The minimum Gasteiger partial charge on any atom is -0.355 e. The monoisotopic (exact) mass is 452 g/mol. The molecule has 1 unspecified atom stereocenters. The van der Waals surface area contributed by atoms with Crippen LogP contribution in [0.2, 0.25) is 0 Å². The number of nitrogens with one attached hydrogen (secondary N) is 4. The maximum absolute atomic E-state index is 12.1. The number of benzene rings is 1. The van der Waals surface area contributed by atoms with Crippen molar-refractivity contribution in [2.24, 2.45) is 5.41 Å². The van der Waals surface area contributed by atoms with E-state index < -0.39 is 0 Å². The summed E-state index contributed by atoms with van der Waals surface area (Å²) in [5, 5.41) is 12.9. The molecule has 9 heteroatoms. The van der Waals surface area contributed by atoms with Crippen LogP contribution < -0.4 is 26.2 Å². The molecule has 1 aromatic heterocycles. The molecule has 0 saturated carbocycles. The van der Waals surface area contributed by atoms with Gasteiger partial charge in [0.2, 0.25) is 17.8 Å². The lowest BCUT2D eigenvalue weighted by molar-refractivity contribution is 0.0963. The Morgan fingerprint density at radius 3 is 2.82 bits per heavy atom. The van der Waals surface area contributed by atoms with Gasteiger partial charge in [-0.15, -0.1) is 0 Å². The Labute approximate surface area is 196 Å². The fraction of sp³-hybridized carbons (Fsp3) is 0.583. The van der Waals surface area contributed by atoms with Crippen LogP contribution in [0.15, 0.2) is 18.2 Å². The Bertz CT molecular complexity index is 990. The van der Waals surface area contributed by atoms with Crippen molar-refractivity contribution in [3.63, 3.8) is 0 Å². The lowest BCUT2D eigenvalue weighted by Gasteiger charge is -2.24. The molecule has 2 aliphatic rings. The van der Waals surface area contributed by atoms with Gasteiger partial charge >= 0.3 is 0 Å². The van der Waals surface area contributed by atoms with Gasteiger partial charge in [0, 0.05) is 44.0 Å². The van der Waals surface area contributed by atoms with Gasteiger partial charge in [-0.25, -0.2) is 0 Å². The Hall–Kier alpha value is -2.94. The number of carbonyl (C=O) groups excluding carboxylic acids is 1. The number of anilines is 4. The Balaban J connectivity index is 1.63. The first kappa shape index (κ1) is 23.2. The van der Waals surface area contributed by atoms with Crippen LogP contribution >= 0.6 is 0 Å². The van der Waals surface area contributed by atoms with Crippen molar-refractivity contribution in [1.82, 2.24) is 25.6 Å². The summed E-state index contributed by atoms with van der Waals surface area (Å²) in [4.78, 5) is 28.6. The number of aryl methyl sites for hydroxylation is 1. The largest absolute Gasteiger partial charge is 0.355 e. The van der Waals surface area contributed by atoms with Crippen LogP contribution in [0.3, 0.4) is 0 Å². The Morgan fingerprint density at radius 2 is 2.09 bits per heavy atom. The zero-order valence-electron chi connectivity index (χ0n) is 20.2. The van der Waals surface area contributed by atoms with Crippen molar-refractivity contribution in [2.45, 2.75) is 52.5 Å². The molecule has 2 aliphatic heterocycles. The molecule has 0 spiro atoms. The van der Waals surface area contributed by atoms with E-state index >= 15 is 0 Å². The highest BCUT2D eigenvalue weighted by Gasteiger charge is 2.34. The van der Waals surface area contributed by atoms with Gasteiger partial charge < -0.3 is 26.2 Å².